The molecule has 0 bridgehead atoms. The third kappa shape index (κ3) is 5.22. The van der Waals surface area contributed by atoms with Gasteiger partial charge in [-0.3, -0.25) is 19.7 Å². The maximum absolute atomic E-state index is 12.5. The van der Waals surface area contributed by atoms with E-state index in [1.165, 1.54) is 28.3 Å². The molecule has 35 heavy (non-hydrogen) atoms. The maximum Gasteiger partial charge on any atom is 0.266 e. The van der Waals surface area contributed by atoms with Crippen LogP contribution in [0.2, 0.25) is 0 Å². The van der Waals surface area contributed by atoms with E-state index in [4.69, 9.17) is 13.9 Å². The monoisotopic (exact) mass is 493 g/mol. The number of hydrogen-bond acceptors (Lipinski definition) is 9. The summed E-state index contributed by atoms with van der Waals surface area (Å²) in [5, 5.41) is 11.8. The van der Waals surface area contributed by atoms with Gasteiger partial charge in [-0.2, -0.15) is 5.10 Å². The molecule has 4 aromatic rings. The first kappa shape index (κ1) is 22.3. The van der Waals surface area contributed by atoms with E-state index < -0.39 is 0 Å². The van der Waals surface area contributed by atoms with Crippen LogP contribution in [0.5, 0.6) is 11.5 Å². The Morgan fingerprint density at radius 1 is 1.11 bits per heavy atom. The van der Waals surface area contributed by atoms with Crippen LogP contribution in [0.1, 0.15) is 16.1 Å². The minimum absolute atomic E-state index is 0.0329. The number of nitrogens with one attached hydrogen (secondary N) is 2. The van der Waals surface area contributed by atoms with Crippen LogP contribution in [0.4, 0.5) is 5.13 Å². The number of hydrogen-bond donors (Lipinski definition) is 2. The van der Waals surface area contributed by atoms with Crippen LogP contribution in [0.15, 0.2) is 63.3 Å². The number of ether oxygens (including phenoxy) is 2. The number of carbonyl (C=O) groups excluding carboxylic acids is 2. The number of thiazole rings is 1. The maximum atomic E-state index is 12.5. The third-order valence-corrected chi connectivity index (χ3v) is 5.84. The van der Waals surface area contributed by atoms with Crippen LogP contribution in [0.3, 0.4) is 0 Å². The number of rotatable bonds is 8. The van der Waals surface area contributed by atoms with E-state index in [0.29, 0.717) is 39.3 Å². The number of furan rings is 1. The zero-order valence-corrected chi connectivity index (χ0v) is 19.0. The molecule has 0 saturated heterocycles. The number of aromatic nitrogens is 3. The molecule has 11 nitrogen and oxygen atoms in total. The van der Waals surface area contributed by atoms with Crippen LogP contribution in [0.25, 0.3) is 11.5 Å². The minimum atomic E-state index is -0.344. The Hall–Kier alpha value is -4.45. The van der Waals surface area contributed by atoms with Crippen LogP contribution in [0, 0.1) is 0 Å². The van der Waals surface area contributed by atoms with Gasteiger partial charge in [0.1, 0.15) is 5.69 Å². The number of nitrogens with zero attached hydrogens (tertiary/aromatic N) is 3. The lowest BCUT2D eigenvalue weighted by atomic mass is 10.2. The molecule has 0 spiro atoms. The Morgan fingerprint density at radius 2 is 2.00 bits per heavy atom. The van der Waals surface area contributed by atoms with Gasteiger partial charge in [-0.05, 0) is 36.4 Å². The molecule has 4 heterocycles. The van der Waals surface area contributed by atoms with E-state index in [-0.39, 0.29) is 43.7 Å². The van der Waals surface area contributed by atoms with Crippen molar-refractivity contribution in [3.05, 3.63) is 75.7 Å². The predicted octanol–water partition coefficient (Wildman–Crippen LogP) is 2.30. The Labute approximate surface area is 202 Å². The lowest BCUT2D eigenvalue weighted by Gasteiger charge is -2.07. The van der Waals surface area contributed by atoms with Gasteiger partial charge in [0.05, 0.1) is 24.9 Å². The Kier molecular flexibility index (Phi) is 6.26. The van der Waals surface area contributed by atoms with Gasteiger partial charge in [0.2, 0.25) is 12.7 Å². The van der Waals surface area contributed by atoms with E-state index in [0.717, 1.165) is 0 Å². The van der Waals surface area contributed by atoms with Gasteiger partial charge in [-0.25, -0.2) is 9.67 Å². The highest BCUT2D eigenvalue weighted by molar-refractivity contribution is 7.14. The highest BCUT2D eigenvalue weighted by Crippen LogP contribution is 2.32. The van der Waals surface area contributed by atoms with E-state index in [1.54, 1.807) is 41.8 Å². The lowest BCUT2D eigenvalue weighted by molar-refractivity contribution is -0.120. The summed E-state index contributed by atoms with van der Waals surface area (Å²) in [6.45, 7) is 0.543. The summed E-state index contributed by atoms with van der Waals surface area (Å²) >= 11 is 1.22. The van der Waals surface area contributed by atoms with E-state index in [2.05, 4.69) is 20.7 Å². The van der Waals surface area contributed by atoms with Crippen LogP contribution in [-0.4, -0.2) is 39.9 Å². The number of carbonyl (C=O) groups is 2. The van der Waals surface area contributed by atoms with Gasteiger partial charge in [0.25, 0.3) is 11.5 Å². The molecule has 5 rings (SSSR count). The van der Waals surface area contributed by atoms with Gasteiger partial charge in [0, 0.05) is 23.6 Å². The topological polar surface area (TPSA) is 138 Å². The minimum Gasteiger partial charge on any atom is -0.463 e. The average molecular weight is 494 g/mol. The number of benzene rings is 1. The quantitative estimate of drug-likeness (QED) is 0.381. The highest BCUT2D eigenvalue weighted by Gasteiger charge is 2.17. The second kappa shape index (κ2) is 9.81. The van der Waals surface area contributed by atoms with Crippen molar-refractivity contribution in [1.82, 2.24) is 20.1 Å². The summed E-state index contributed by atoms with van der Waals surface area (Å²) in [6, 6.07) is 11.4. The fraction of sp³-hybridized carbons (Fsp3) is 0.174. The third-order valence-electron chi connectivity index (χ3n) is 5.03. The zero-order chi connectivity index (χ0) is 24.2. The molecular weight excluding hydrogens is 474 g/mol. The summed E-state index contributed by atoms with van der Waals surface area (Å²) < 4.78 is 17.1. The first-order valence-electron chi connectivity index (χ1n) is 10.6. The molecule has 3 aromatic heterocycles. The summed E-state index contributed by atoms with van der Waals surface area (Å²) in [7, 11) is 0. The van der Waals surface area contributed by atoms with Crippen molar-refractivity contribution in [2.75, 3.05) is 18.7 Å². The molecule has 1 aliphatic rings. The second-order valence-electron chi connectivity index (χ2n) is 7.45. The van der Waals surface area contributed by atoms with Crippen LogP contribution in [-0.2, 0) is 17.8 Å². The molecule has 0 radical (unpaired) electrons. The van der Waals surface area contributed by atoms with Crippen molar-refractivity contribution in [2.24, 2.45) is 0 Å². The molecule has 1 aliphatic heterocycles. The normalized spacial score (nSPS) is 11.9. The Morgan fingerprint density at radius 3 is 2.86 bits per heavy atom. The van der Waals surface area contributed by atoms with Crippen molar-refractivity contribution in [1.29, 1.82) is 0 Å². The van der Waals surface area contributed by atoms with Gasteiger partial charge in [-0.1, -0.05) is 0 Å². The molecule has 0 saturated carbocycles. The molecule has 1 aromatic carbocycles. The van der Waals surface area contributed by atoms with Crippen molar-refractivity contribution in [3.63, 3.8) is 0 Å². The summed E-state index contributed by atoms with van der Waals surface area (Å²) in [5.74, 6) is 1.05. The molecule has 2 N–H and O–H groups in total. The second-order valence-corrected chi connectivity index (χ2v) is 8.31. The molecule has 12 heteroatoms. The summed E-state index contributed by atoms with van der Waals surface area (Å²) in [4.78, 5) is 41.2. The molecular formula is C23H19N5O6S. The molecule has 0 aliphatic carbocycles. The summed E-state index contributed by atoms with van der Waals surface area (Å²) in [6.07, 6.45) is 1.56. The molecule has 2 amide bonds. The van der Waals surface area contributed by atoms with Crippen LogP contribution < -0.4 is 25.7 Å². The predicted molar refractivity (Wildman–Crippen MR) is 126 cm³/mol. The van der Waals surface area contributed by atoms with E-state index in [1.807, 2.05) is 0 Å². The average Bonchev–Trinajstić information content (AvgIpc) is 3.62. The first-order valence-corrected chi connectivity index (χ1v) is 11.5. The van der Waals surface area contributed by atoms with Crippen molar-refractivity contribution in [3.8, 4) is 23.0 Å². The standard InChI is InChI=1S/C23H19N5O6S/c29-20(24-7-8-28-21(30)6-4-16(27-28)17-2-1-9-32-17)11-15-12-35-23(25-15)26-22(31)14-3-5-18-19(10-14)34-13-33-18/h1-6,9-10,12H,7-8,11,13H2,(H,24,29)(H,25,26,31). The van der Waals surface area contributed by atoms with Crippen molar-refractivity contribution in [2.45, 2.75) is 13.0 Å². The molecule has 0 atom stereocenters. The molecule has 178 valence electrons. The van der Waals surface area contributed by atoms with Crippen molar-refractivity contribution < 1.29 is 23.5 Å². The number of anilines is 1. The Bertz CT molecular complexity index is 1430. The number of amides is 2. The lowest BCUT2D eigenvalue weighted by Crippen LogP contribution is -2.32. The SMILES string of the molecule is O=C(Cc1csc(NC(=O)c2ccc3c(c2)OCO3)n1)NCCn1nc(-c2ccco2)ccc1=O. The Balaban J connectivity index is 1.12. The fourth-order valence-corrected chi connectivity index (χ4v) is 4.05. The zero-order valence-electron chi connectivity index (χ0n) is 18.2. The smallest absolute Gasteiger partial charge is 0.266 e. The fourth-order valence-electron chi connectivity index (χ4n) is 3.35. The van der Waals surface area contributed by atoms with E-state index >= 15 is 0 Å². The van der Waals surface area contributed by atoms with Gasteiger partial charge in [-0.15, -0.1) is 11.3 Å². The molecule has 0 fully saturated rings. The van der Waals surface area contributed by atoms with Gasteiger partial charge < -0.3 is 19.2 Å². The molecule has 0 unspecified atom stereocenters. The first-order chi connectivity index (χ1) is 17.0. The highest BCUT2D eigenvalue weighted by atomic mass is 32.1. The number of fused-ring (bicyclic) bond motifs is 1. The van der Waals surface area contributed by atoms with Crippen molar-refractivity contribution >= 4 is 28.3 Å². The van der Waals surface area contributed by atoms with Crippen LogP contribution >= 0.6 is 11.3 Å². The largest absolute Gasteiger partial charge is 0.463 e. The van der Waals surface area contributed by atoms with Gasteiger partial charge >= 0.3 is 0 Å². The summed E-state index contributed by atoms with van der Waals surface area (Å²) in [5.41, 5.74) is 1.17. The van der Waals surface area contributed by atoms with Gasteiger partial charge in [0.15, 0.2) is 22.4 Å². The van der Waals surface area contributed by atoms with E-state index in [9.17, 15) is 14.4 Å².